The first-order chi connectivity index (χ1) is 13.6. The van der Waals surface area contributed by atoms with E-state index in [4.69, 9.17) is 14.9 Å². The summed E-state index contributed by atoms with van der Waals surface area (Å²) in [5.41, 5.74) is 7.45. The van der Waals surface area contributed by atoms with Crippen LogP contribution in [0.2, 0.25) is 0 Å². The van der Waals surface area contributed by atoms with Crippen molar-refractivity contribution >= 4 is 33.9 Å². The summed E-state index contributed by atoms with van der Waals surface area (Å²) in [5, 5.41) is 0.732. The zero-order valence-corrected chi connectivity index (χ0v) is 16.0. The van der Waals surface area contributed by atoms with Gasteiger partial charge in [0, 0.05) is 0 Å². The van der Waals surface area contributed by atoms with Crippen molar-refractivity contribution in [1.29, 1.82) is 0 Å². The van der Waals surface area contributed by atoms with E-state index in [-0.39, 0.29) is 34.5 Å². The quantitative estimate of drug-likeness (QED) is 0.526. The van der Waals surface area contributed by atoms with E-state index in [0.717, 1.165) is 24.3 Å². The Morgan fingerprint density at radius 2 is 2.04 bits per heavy atom. The van der Waals surface area contributed by atoms with Crippen molar-refractivity contribution in [2.45, 2.75) is 45.4 Å². The summed E-state index contributed by atoms with van der Waals surface area (Å²) >= 11 is 0. The standard InChI is InChI=1S/C22H24N2O4/c1-2-27-22(26)17-12-16-19(25)15-11-14(8-7-13-5-3-4-6-13)9-10-18(15)28-21(16)24-20(17)23/h9-13H,2-8H2,1H3,(H2,23,24). The normalized spacial score (nSPS) is 14.8. The fourth-order valence-electron chi connectivity index (χ4n) is 4.04. The fraction of sp³-hybridized carbons (Fsp3) is 0.409. The molecule has 2 heterocycles. The molecule has 3 aromatic rings. The van der Waals surface area contributed by atoms with E-state index < -0.39 is 5.97 Å². The predicted molar refractivity (Wildman–Crippen MR) is 108 cm³/mol. The number of nitrogens with zero attached hydrogens (tertiary/aromatic N) is 1. The Kier molecular flexibility index (Phi) is 5.03. The molecule has 0 unspecified atom stereocenters. The first-order valence-electron chi connectivity index (χ1n) is 9.90. The number of hydrogen-bond acceptors (Lipinski definition) is 6. The minimum atomic E-state index is -0.598. The number of esters is 1. The lowest BCUT2D eigenvalue weighted by atomic mass is 9.97. The van der Waals surface area contributed by atoms with E-state index in [9.17, 15) is 9.59 Å². The second-order valence-electron chi connectivity index (χ2n) is 7.45. The van der Waals surface area contributed by atoms with Gasteiger partial charge < -0.3 is 14.9 Å². The van der Waals surface area contributed by atoms with Gasteiger partial charge in [0.1, 0.15) is 17.0 Å². The summed E-state index contributed by atoms with van der Waals surface area (Å²) in [6.45, 7) is 1.92. The van der Waals surface area contributed by atoms with Crippen LogP contribution in [-0.4, -0.2) is 17.6 Å². The molecule has 1 aliphatic carbocycles. The molecule has 4 rings (SSSR count). The number of fused-ring (bicyclic) bond motifs is 2. The highest BCUT2D eigenvalue weighted by atomic mass is 16.5. The predicted octanol–water partition coefficient (Wildman–Crippen LogP) is 4.22. The molecule has 0 amide bonds. The lowest BCUT2D eigenvalue weighted by Gasteiger charge is -2.10. The minimum absolute atomic E-state index is 0.0124. The van der Waals surface area contributed by atoms with E-state index in [1.54, 1.807) is 6.92 Å². The molecule has 146 valence electrons. The highest BCUT2D eigenvalue weighted by Gasteiger charge is 2.18. The van der Waals surface area contributed by atoms with Gasteiger partial charge in [0.05, 0.1) is 17.4 Å². The molecule has 2 aromatic heterocycles. The number of benzene rings is 1. The summed E-state index contributed by atoms with van der Waals surface area (Å²) in [5.74, 6) is 0.184. The molecule has 2 N–H and O–H groups in total. The topological polar surface area (TPSA) is 95.4 Å². The van der Waals surface area contributed by atoms with E-state index in [0.29, 0.717) is 11.0 Å². The van der Waals surface area contributed by atoms with Crippen LogP contribution in [0, 0.1) is 5.92 Å². The van der Waals surface area contributed by atoms with Gasteiger partial charge >= 0.3 is 5.97 Å². The number of hydrogen-bond donors (Lipinski definition) is 1. The highest BCUT2D eigenvalue weighted by Crippen LogP contribution is 2.29. The number of aryl methyl sites for hydroxylation is 1. The third-order valence-electron chi connectivity index (χ3n) is 5.57. The summed E-state index contributed by atoms with van der Waals surface area (Å²) in [4.78, 5) is 29.2. The molecule has 1 saturated carbocycles. The smallest absolute Gasteiger partial charge is 0.341 e. The number of carbonyl (C=O) groups is 1. The third kappa shape index (κ3) is 3.46. The van der Waals surface area contributed by atoms with E-state index in [2.05, 4.69) is 4.98 Å². The zero-order valence-electron chi connectivity index (χ0n) is 16.0. The van der Waals surface area contributed by atoms with Crippen molar-refractivity contribution < 1.29 is 13.9 Å². The van der Waals surface area contributed by atoms with Crippen LogP contribution in [0.5, 0.6) is 0 Å². The van der Waals surface area contributed by atoms with Crippen LogP contribution in [0.4, 0.5) is 5.82 Å². The molecule has 0 saturated heterocycles. The second kappa shape index (κ2) is 7.62. The van der Waals surface area contributed by atoms with Crippen molar-refractivity contribution in [2.24, 2.45) is 5.92 Å². The van der Waals surface area contributed by atoms with Crippen LogP contribution < -0.4 is 11.2 Å². The summed E-state index contributed by atoms with van der Waals surface area (Å²) < 4.78 is 10.8. The first kappa shape index (κ1) is 18.5. The maximum atomic E-state index is 13.1. The Bertz CT molecular complexity index is 1100. The maximum absolute atomic E-state index is 13.1. The fourth-order valence-corrected chi connectivity index (χ4v) is 4.04. The molecule has 1 aromatic carbocycles. The van der Waals surface area contributed by atoms with E-state index in [1.807, 2.05) is 18.2 Å². The number of anilines is 1. The highest BCUT2D eigenvalue weighted by molar-refractivity contribution is 5.99. The lowest BCUT2D eigenvalue weighted by Crippen LogP contribution is -2.12. The van der Waals surface area contributed by atoms with Gasteiger partial charge in [-0.2, -0.15) is 4.98 Å². The Balaban J connectivity index is 1.74. The molecular weight excluding hydrogens is 356 g/mol. The molecule has 0 atom stereocenters. The number of aromatic nitrogens is 1. The van der Waals surface area contributed by atoms with Crippen LogP contribution in [0.25, 0.3) is 22.1 Å². The number of nitrogen functional groups attached to an aromatic ring is 1. The van der Waals surface area contributed by atoms with Crippen molar-refractivity contribution in [3.05, 3.63) is 45.6 Å². The molecule has 0 radical (unpaired) electrons. The van der Waals surface area contributed by atoms with Crippen molar-refractivity contribution in [3.8, 4) is 0 Å². The summed E-state index contributed by atoms with van der Waals surface area (Å²) in [6, 6.07) is 7.14. The molecule has 1 fully saturated rings. The van der Waals surface area contributed by atoms with Gasteiger partial charge in [-0.1, -0.05) is 31.7 Å². The molecule has 0 bridgehead atoms. The number of rotatable bonds is 5. The van der Waals surface area contributed by atoms with Crippen LogP contribution >= 0.6 is 0 Å². The van der Waals surface area contributed by atoms with Crippen LogP contribution in [-0.2, 0) is 11.2 Å². The average Bonchev–Trinajstić information content (AvgIpc) is 3.20. The number of carbonyl (C=O) groups excluding carboxylic acids is 1. The van der Waals surface area contributed by atoms with Crippen molar-refractivity contribution in [2.75, 3.05) is 12.3 Å². The maximum Gasteiger partial charge on any atom is 0.341 e. The Labute approximate surface area is 162 Å². The molecule has 0 aliphatic heterocycles. The minimum Gasteiger partial charge on any atom is -0.462 e. The van der Waals surface area contributed by atoms with Crippen molar-refractivity contribution in [1.82, 2.24) is 4.98 Å². The monoisotopic (exact) mass is 380 g/mol. The molecular formula is C22H24N2O4. The van der Waals surface area contributed by atoms with Gasteiger partial charge in [-0.3, -0.25) is 4.79 Å². The number of pyridine rings is 1. The number of ether oxygens (including phenoxy) is 1. The molecule has 28 heavy (non-hydrogen) atoms. The molecule has 1 aliphatic rings. The van der Waals surface area contributed by atoms with Gasteiger partial charge in [0.25, 0.3) is 0 Å². The first-order valence-corrected chi connectivity index (χ1v) is 9.90. The van der Waals surface area contributed by atoms with Crippen LogP contribution in [0.3, 0.4) is 0 Å². The van der Waals surface area contributed by atoms with Gasteiger partial charge in [-0.15, -0.1) is 0 Å². The van der Waals surface area contributed by atoms with Crippen LogP contribution in [0.1, 0.15) is 54.9 Å². The van der Waals surface area contributed by atoms with E-state index >= 15 is 0 Å². The lowest BCUT2D eigenvalue weighted by molar-refractivity contribution is 0.0527. The van der Waals surface area contributed by atoms with Gasteiger partial charge in [0.15, 0.2) is 0 Å². The zero-order chi connectivity index (χ0) is 19.7. The molecule has 0 spiro atoms. The Morgan fingerprint density at radius 3 is 2.79 bits per heavy atom. The summed E-state index contributed by atoms with van der Waals surface area (Å²) in [6.07, 6.45) is 7.38. The second-order valence-corrected chi connectivity index (χ2v) is 7.45. The van der Waals surface area contributed by atoms with Gasteiger partial charge in [-0.25, -0.2) is 4.79 Å². The average molecular weight is 380 g/mol. The molecule has 6 nitrogen and oxygen atoms in total. The van der Waals surface area contributed by atoms with Crippen molar-refractivity contribution in [3.63, 3.8) is 0 Å². The molecule has 6 heteroatoms. The SMILES string of the molecule is CCOC(=O)c1cc2c(=O)c3cc(CCC4CCCC4)ccc3oc2nc1N. The van der Waals surface area contributed by atoms with Gasteiger partial charge in [-0.05, 0) is 49.4 Å². The Morgan fingerprint density at radius 1 is 1.25 bits per heavy atom. The van der Waals surface area contributed by atoms with E-state index in [1.165, 1.54) is 31.7 Å². The number of nitrogens with two attached hydrogens (primary N) is 1. The Hall–Kier alpha value is -2.89. The summed E-state index contributed by atoms with van der Waals surface area (Å²) in [7, 11) is 0. The van der Waals surface area contributed by atoms with Crippen LogP contribution in [0.15, 0.2) is 33.5 Å². The third-order valence-corrected chi connectivity index (χ3v) is 5.57. The van der Waals surface area contributed by atoms with Gasteiger partial charge in [0.2, 0.25) is 11.1 Å². The largest absolute Gasteiger partial charge is 0.462 e.